The number of carbonyl (C=O) groups is 2. The van der Waals surface area contributed by atoms with Crippen molar-refractivity contribution in [3.8, 4) is 16.9 Å². The number of rotatable bonds is 7. The van der Waals surface area contributed by atoms with Crippen molar-refractivity contribution >= 4 is 17.6 Å². The Bertz CT molecular complexity index is 1020. The number of nitrogens with one attached hydrogen (secondary N) is 1. The highest BCUT2D eigenvalue weighted by Crippen LogP contribution is 2.27. The summed E-state index contributed by atoms with van der Waals surface area (Å²) in [6.07, 6.45) is 0. The largest absolute Gasteiger partial charge is 0.476 e. The number of hydrogen-bond donors (Lipinski definition) is 1. The number of halogens is 1. The first kappa shape index (κ1) is 21.0. The lowest BCUT2D eigenvalue weighted by Crippen LogP contribution is -2.41. The average molecular weight is 407 g/mol. The van der Waals surface area contributed by atoms with E-state index in [2.05, 4.69) is 5.32 Å². The summed E-state index contributed by atoms with van der Waals surface area (Å²) in [6, 6.07) is 22.3. The second-order valence-corrected chi connectivity index (χ2v) is 7.10. The summed E-state index contributed by atoms with van der Waals surface area (Å²) in [4.78, 5) is 24.7. The zero-order chi connectivity index (χ0) is 21.6. The molecule has 0 unspecified atom stereocenters. The van der Waals surface area contributed by atoms with Crippen molar-refractivity contribution in [3.05, 3.63) is 84.7 Å². The van der Waals surface area contributed by atoms with Gasteiger partial charge < -0.3 is 14.8 Å². The normalized spacial score (nSPS) is 10.9. The lowest BCUT2D eigenvalue weighted by molar-refractivity contribution is -0.161. The van der Waals surface area contributed by atoms with Gasteiger partial charge in [-0.2, -0.15) is 0 Å². The second kappa shape index (κ2) is 9.22. The molecule has 3 aromatic rings. The average Bonchev–Trinajstić information content (AvgIpc) is 2.74. The topological polar surface area (TPSA) is 64.6 Å². The van der Waals surface area contributed by atoms with Gasteiger partial charge in [0.1, 0.15) is 11.6 Å². The van der Waals surface area contributed by atoms with Gasteiger partial charge in [-0.25, -0.2) is 9.18 Å². The Hall–Kier alpha value is -3.67. The molecular weight excluding hydrogens is 385 g/mol. The molecule has 0 spiro atoms. The van der Waals surface area contributed by atoms with Gasteiger partial charge in [0.05, 0.1) is 0 Å². The zero-order valence-electron chi connectivity index (χ0n) is 16.7. The van der Waals surface area contributed by atoms with Crippen LogP contribution in [0.4, 0.5) is 10.1 Å². The van der Waals surface area contributed by atoms with Crippen molar-refractivity contribution in [2.75, 3.05) is 11.9 Å². The van der Waals surface area contributed by atoms with E-state index >= 15 is 0 Å². The third-order valence-corrected chi connectivity index (χ3v) is 4.30. The third kappa shape index (κ3) is 5.44. The highest BCUT2D eigenvalue weighted by molar-refractivity contribution is 5.97. The van der Waals surface area contributed by atoms with Crippen LogP contribution >= 0.6 is 0 Å². The Labute approximate surface area is 174 Å². The van der Waals surface area contributed by atoms with E-state index in [0.717, 1.165) is 11.1 Å². The van der Waals surface area contributed by atoms with Gasteiger partial charge in [0.15, 0.2) is 12.2 Å². The van der Waals surface area contributed by atoms with E-state index in [4.69, 9.17) is 9.47 Å². The molecule has 0 aliphatic carbocycles. The molecule has 3 aromatic carbocycles. The first-order valence-corrected chi connectivity index (χ1v) is 9.41. The summed E-state index contributed by atoms with van der Waals surface area (Å²) in [6.45, 7) is 2.57. The van der Waals surface area contributed by atoms with Crippen molar-refractivity contribution in [3.63, 3.8) is 0 Å². The summed E-state index contributed by atoms with van der Waals surface area (Å²) in [5, 5.41) is 2.77. The van der Waals surface area contributed by atoms with Crippen molar-refractivity contribution < 1.29 is 23.5 Å². The van der Waals surface area contributed by atoms with Crippen LogP contribution in [0.25, 0.3) is 11.1 Å². The highest BCUT2D eigenvalue weighted by Gasteiger charge is 2.32. The Kier molecular flexibility index (Phi) is 6.47. The van der Waals surface area contributed by atoms with Crippen LogP contribution < -0.4 is 10.1 Å². The molecule has 0 bridgehead atoms. The lowest BCUT2D eigenvalue weighted by atomic mass is 10.0. The van der Waals surface area contributed by atoms with Crippen molar-refractivity contribution in [1.82, 2.24) is 0 Å². The van der Waals surface area contributed by atoms with E-state index in [1.165, 1.54) is 38.1 Å². The standard InChI is InChI=1S/C24H22FNO4/c1-24(2,30-19-14-12-18(25)13-15-19)23(28)29-16-22(27)26-21-11-7-6-10-20(21)17-8-4-3-5-9-17/h3-15H,16H2,1-2H3,(H,26,27). The number of ether oxygens (including phenoxy) is 2. The van der Waals surface area contributed by atoms with E-state index < -0.39 is 29.9 Å². The molecule has 5 nitrogen and oxygen atoms in total. The second-order valence-electron chi connectivity index (χ2n) is 7.10. The van der Waals surface area contributed by atoms with Gasteiger partial charge in [-0.15, -0.1) is 0 Å². The van der Waals surface area contributed by atoms with Crippen LogP contribution in [-0.4, -0.2) is 24.1 Å². The quantitative estimate of drug-likeness (QED) is 0.570. The monoisotopic (exact) mass is 407 g/mol. The molecule has 154 valence electrons. The minimum absolute atomic E-state index is 0.319. The van der Waals surface area contributed by atoms with Gasteiger partial charge >= 0.3 is 5.97 Å². The maximum atomic E-state index is 13.0. The molecule has 0 fully saturated rings. The minimum Gasteiger partial charge on any atom is -0.476 e. The molecule has 0 aliphatic heterocycles. The van der Waals surface area contributed by atoms with Crippen LogP contribution in [0.1, 0.15) is 13.8 Å². The van der Waals surface area contributed by atoms with E-state index in [0.29, 0.717) is 11.4 Å². The van der Waals surface area contributed by atoms with E-state index in [9.17, 15) is 14.0 Å². The molecule has 0 saturated heterocycles. The predicted molar refractivity (Wildman–Crippen MR) is 113 cm³/mol. The summed E-state index contributed by atoms with van der Waals surface area (Å²) < 4.78 is 23.7. The number of hydrogen-bond acceptors (Lipinski definition) is 4. The molecule has 0 aliphatic rings. The molecule has 0 aromatic heterocycles. The van der Waals surface area contributed by atoms with Gasteiger partial charge in [-0.05, 0) is 49.7 Å². The maximum Gasteiger partial charge on any atom is 0.350 e. The fraction of sp³-hybridized carbons (Fsp3) is 0.167. The van der Waals surface area contributed by atoms with Crippen molar-refractivity contribution in [2.24, 2.45) is 0 Å². The lowest BCUT2D eigenvalue weighted by Gasteiger charge is -2.24. The fourth-order valence-corrected chi connectivity index (χ4v) is 2.79. The van der Waals surface area contributed by atoms with Crippen molar-refractivity contribution in [2.45, 2.75) is 19.4 Å². The van der Waals surface area contributed by atoms with Crippen LogP contribution in [-0.2, 0) is 14.3 Å². The number of para-hydroxylation sites is 1. The summed E-state index contributed by atoms with van der Waals surface area (Å²) >= 11 is 0. The number of anilines is 1. The van der Waals surface area contributed by atoms with Crippen LogP contribution in [0.3, 0.4) is 0 Å². The number of amides is 1. The fourth-order valence-electron chi connectivity index (χ4n) is 2.79. The molecule has 30 heavy (non-hydrogen) atoms. The molecule has 0 radical (unpaired) electrons. The molecule has 3 rings (SSSR count). The van der Waals surface area contributed by atoms with E-state index in [1.54, 1.807) is 6.07 Å². The van der Waals surface area contributed by atoms with Crippen LogP contribution in [0.2, 0.25) is 0 Å². The summed E-state index contributed by atoms with van der Waals surface area (Å²) in [5.74, 6) is -1.27. The van der Waals surface area contributed by atoms with Crippen LogP contribution in [0, 0.1) is 5.82 Å². The Morgan fingerprint density at radius 2 is 1.53 bits per heavy atom. The molecule has 0 atom stereocenters. The van der Waals surface area contributed by atoms with Gasteiger partial charge in [-0.3, -0.25) is 4.79 Å². The number of esters is 1. The predicted octanol–water partition coefficient (Wildman–Crippen LogP) is 4.83. The Morgan fingerprint density at radius 3 is 2.23 bits per heavy atom. The minimum atomic E-state index is -1.35. The van der Waals surface area contributed by atoms with Gasteiger partial charge in [0, 0.05) is 11.3 Å². The van der Waals surface area contributed by atoms with Gasteiger partial charge in [0.2, 0.25) is 0 Å². The third-order valence-electron chi connectivity index (χ3n) is 4.30. The molecule has 1 N–H and O–H groups in total. The SMILES string of the molecule is CC(C)(Oc1ccc(F)cc1)C(=O)OCC(=O)Nc1ccccc1-c1ccccc1. The number of carbonyl (C=O) groups excluding carboxylic acids is 2. The Balaban J connectivity index is 1.59. The number of benzene rings is 3. The molecule has 0 saturated carbocycles. The molecule has 1 amide bonds. The highest BCUT2D eigenvalue weighted by atomic mass is 19.1. The van der Waals surface area contributed by atoms with E-state index in [1.807, 2.05) is 48.5 Å². The smallest absolute Gasteiger partial charge is 0.350 e. The first-order valence-electron chi connectivity index (χ1n) is 9.41. The van der Waals surface area contributed by atoms with E-state index in [-0.39, 0.29) is 0 Å². The molecule has 6 heteroatoms. The zero-order valence-corrected chi connectivity index (χ0v) is 16.7. The maximum absolute atomic E-state index is 13.0. The summed E-state index contributed by atoms with van der Waals surface area (Å²) in [7, 11) is 0. The summed E-state index contributed by atoms with van der Waals surface area (Å²) in [5.41, 5.74) is 1.09. The Morgan fingerprint density at radius 1 is 0.900 bits per heavy atom. The van der Waals surface area contributed by atoms with Gasteiger partial charge in [0.25, 0.3) is 5.91 Å². The molecular formula is C24H22FNO4. The molecule has 0 heterocycles. The van der Waals surface area contributed by atoms with Crippen LogP contribution in [0.15, 0.2) is 78.9 Å². The van der Waals surface area contributed by atoms with Gasteiger partial charge in [-0.1, -0.05) is 48.5 Å². The van der Waals surface area contributed by atoms with Crippen LogP contribution in [0.5, 0.6) is 5.75 Å². The first-order chi connectivity index (χ1) is 14.3. The van der Waals surface area contributed by atoms with Crippen molar-refractivity contribution in [1.29, 1.82) is 0 Å².